The van der Waals surface area contributed by atoms with E-state index in [9.17, 15) is 25.3 Å². The Morgan fingerprint density at radius 1 is 0.900 bits per heavy atom. The fourth-order valence-corrected chi connectivity index (χ4v) is 5.40. The third-order valence-electron chi connectivity index (χ3n) is 2.31. The lowest BCUT2D eigenvalue weighted by Crippen LogP contribution is -2.20. The quantitative estimate of drug-likeness (QED) is 0.751. The minimum absolute atomic E-state index is 0.113. The smallest absolute Gasteiger partial charge is 0.240 e. The molecule has 11 heteroatoms. The maximum atomic E-state index is 11.7. The molecule has 8 nitrogen and oxygen atoms in total. The van der Waals surface area contributed by atoms with Crippen molar-refractivity contribution in [2.45, 2.75) is 14.7 Å². The molecule has 1 aromatic rings. The van der Waals surface area contributed by atoms with Gasteiger partial charge in [-0.25, -0.2) is 30.4 Å². The van der Waals surface area contributed by atoms with Crippen molar-refractivity contribution in [3.05, 3.63) is 12.1 Å². The SMILES string of the molecule is COc1cc(S(C)(=O)=O)c(S(N)(=O)=O)c(S(C)(=O)=O)c1. The fraction of sp³-hybridized carbons (Fsp3) is 0.333. The molecule has 0 atom stereocenters. The molecule has 0 saturated heterocycles. The van der Waals surface area contributed by atoms with E-state index in [4.69, 9.17) is 9.88 Å². The third kappa shape index (κ3) is 3.48. The second-order valence-corrected chi connectivity index (χ2v) is 9.51. The lowest BCUT2D eigenvalue weighted by molar-refractivity contribution is 0.410. The van der Waals surface area contributed by atoms with E-state index in [0.29, 0.717) is 0 Å². The average molecular weight is 343 g/mol. The van der Waals surface area contributed by atoms with Crippen molar-refractivity contribution in [3.63, 3.8) is 0 Å². The number of hydrogen-bond acceptors (Lipinski definition) is 7. The van der Waals surface area contributed by atoms with E-state index in [-0.39, 0.29) is 5.75 Å². The Hall–Kier alpha value is -1.17. The lowest BCUT2D eigenvalue weighted by atomic mass is 10.3. The first kappa shape index (κ1) is 16.9. The maximum absolute atomic E-state index is 11.7. The topological polar surface area (TPSA) is 138 Å². The first-order chi connectivity index (χ1) is 8.78. The first-order valence-electron chi connectivity index (χ1n) is 4.93. The van der Waals surface area contributed by atoms with E-state index in [2.05, 4.69) is 0 Å². The summed E-state index contributed by atoms with van der Waals surface area (Å²) in [6, 6.07) is 1.81. The highest BCUT2D eigenvalue weighted by Gasteiger charge is 2.30. The Balaban J connectivity index is 4.15. The summed E-state index contributed by atoms with van der Waals surface area (Å²) >= 11 is 0. The Morgan fingerprint density at radius 3 is 1.45 bits per heavy atom. The molecule has 0 heterocycles. The molecule has 1 rings (SSSR count). The van der Waals surface area contributed by atoms with Crippen LogP contribution in [0.3, 0.4) is 0 Å². The number of nitrogens with two attached hydrogens (primary N) is 1. The minimum atomic E-state index is -4.57. The molecule has 0 saturated carbocycles. The van der Waals surface area contributed by atoms with Gasteiger partial charge in [0.2, 0.25) is 10.0 Å². The molecule has 0 amide bonds. The van der Waals surface area contributed by atoms with Crippen molar-refractivity contribution in [3.8, 4) is 5.75 Å². The van der Waals surface area contributed by atoms with Crippen LogP contribution in [0.5, 0.6) is 5.75 Å². The summed E-state index contributed by atoms with van der Waals surface area (Å²) in [5.41, 5.74) is 0. The number of hydrogen-bond donors (Lipinski definition) is 1. The van der Waals surface area contributed by atoms with Crippen LogP contribution in [-0.4, -0.2) is 44.9 Å². The van der Waals surface area contributed by atoms with E-state index in [1.165, 1.54) is 7.11 Å². The summed E-state index contributed by atoms with van der Waals surface area (Å²) in [4.78, 5) is -2.40. The highest BCUT2D eigenvalue weighted by Crippen LogP contribution is 2.32. The molecular weight excluding hydrogens is 330 g/mol. The predicted octanol–water partition coefficient (Wildman–Crippen LogP) is -0.850. The van der Waals surface area contributed by atoms with Crippen LogP contribution in [0.15, 0.2) is 26.8 Å². The second kappa shape index (κ2) is 4.98. The molecular formula is C9H13NO7S3. The second-order valence-electron chi connectivity index (χ2n) is 4.04. The van der Waals surface area contributed by atoms with Crippen LogP contribution in [0, 0.1) is 0 Å². The predicted molar refractivity (Wildman–Crippen MR) is 70.6 cm³/mol. The molecule has 0 unspecified atom stereocenters. The van der Waals surface area contributed by atoms with Crippen molar-refractivity contribution >= 4 is 29.7 Å². The number of ether oxygens (including phenoxy) is 1. The van der Waals surface area contributed by atoms with Gasteiger partial charge in [-0.2, -0.15) is 0 Å². The molecule has 0 aliphatic heterocycles. The molecule has 20 heavy (non-hydrogen) atoms. The summed E-state index contributed by atoms with van der Waals surface area (Å²) < 4.78 is 74.6. The van der Waals surface area contributed by atoms with Gasteiger partial charge in [-0.1, -0.05) is 0 Å². The van der Waals surface area contributed by atoms with Gasteiger partial charge in [-0.05, 0) is 0 Å². The van der Waals surface area contributed by atoms with Gasteiger partial charge in [-0.3, -0.25) is 0 Å². The Morgan fingerprint density at radius 2 is 1.25 bits per heavy atom. The van der Waals surface area contributed by atoms with Crippen LogP contribution < -0.4 is 9.88 Å². The van der Waals surface area contributed by atoms with Crippen LogP contribution in [0.4, 0.5) is 0 Å². The van der Waals surface area contributed by atoms with Gasteiger partial charge in [0.25, 0.3) is 0 Å². The standard InChI is InChI=1S/C9H13NO7S3/c1-17-6-4-7(18(2,11)12)9(20(10,15)16)8(5-6)19(3,13)14/h4-5H,1-3H3,(H2,10,15,16). The normalized spacial score (nSPS) is 13.2. The van der Waals surface area contributed by atoms with Crippen LogP contribution in [0.2, 0.25) is 0 Å². The molecule has 0 radical (unpaired) electrons. The van der Waals surface area contributed by atoms with Gasteiger partial charge in [0, 0.05) is 24.6 Å². The zero-order chi connectivity index (χ0) is 15.9. The van der Waals surface area contributed by atoms with Crippen molar-refractivity contribution in [2.75, 3.05) is 19.6 Å². The van der Waals surface area contributed by atoms with Crippen molar-refractivity contribution in [2.24, 2.45) is 5.14 Å². The van der Waals surface area contributed by atoms with E-state index in [1.54, 1.807) is 0 Å². The minimum Gasteiger partial charge on any atom is -0.497 e. The summed E-state index contributed by atoms with van der Waals surface area (Å²) in [7, 11) is -11.5. The van der Waals surface area contributed by atoms with Crippen LogP contribution in [0.25, 0.3) is 0 Å². The monoisotopic (exact) mass is 343 g/mol. The van der Waals surface area contributed by atoms with Crippen molar-refractivity contribution in [1.82, 2.24) is 0 Å². The molecule has 0 fully saturated rings. The molecule has 0 spiro atoms. The summed E-state index contributed by atoms with van der Waals surface area (Å²) in [6.45, 7) is 0. The van der Waals surface area contributed by atoms with Crippen LogP contribution in [0.1, 0.15) is 0 Å². The van der Waals surface area contributed by atoms with Gasteiger partial charge >= 0.3 is 0 Å². The summed E-state index contributed by atoms with van der Waals surface area (Å²) in [5.74, 6) is -0.113. The van der Waals surface area contributed by atoms with Gasteiger partial charge in [-0.15, -0.1) is 0 Å². The van der Waals surface area contributed by atoms with Crippen LogP contribution >= 0.6 is 0 Å². The van der Waals surface area contributed by atoms with Gasteiger partial charge in [0.15, 0.2) is 19.7 Å². The number of methoxy groups -OCH3 is 1. The lowest BCUT2D eigenvalue weighted by Gasteiger charge is -2.13. The van der Waals surface area contributed by atoms with E-state index >= 15 is 0 Å². The van der Waals surface area contributed by atoms with Gasteiger partial charge in [0.1, 0.15) is 10.6 Å². The molecule has 2 N–H and O–H groups in total. The van der Waals surface area contributed by atoms with Crippen LogP contribution in [-0.2, 0) is 29.7 Å². The zero-order valence-corrected chi connectivity index (χ0v) is 13.3. The third-order valence-corrected chi connectivity index (χ3v) is 5.82. The number of benzene rings is 1. The summed E-state index contributed by atoms with van der Waals surface area (Å²) in [5, 5.41) is 4.95. The highest BCUT2D eigenvalue weighted by atomic mass is 32.2. The Labute approximate surface area is 117 Å². The van der Waals surface area contributed by atoms with Gasteiger partial charge < -0.3 is 4.74 Å². The number of primary sulfonamides is 1. The molecule has 114 valence electrons. The van der Waals surface area contributed by atoms with Crippen molar-refractivity contribution < 1.29 is 30.0 Å². The number of sulfonamides is 1. The fourth-order valence-electron chi connectivity index (χ4n) is 1.50. The molecule has 0 aliphatic carbocycles. The zero-order valence-electron chi connectivity index (χ0n) is 10.8. The number of rotatable bonds is 4. The first-order valence-corrected chi connectivity index (χ1v) is 10.3. The molecule has 0 bridgehead atoms. The summed E-state index contributed by atoms with van der Waals surface area (Å²) in [6.07, 6.45) is 1.48. The van der Waals surface area contributed by atoms with E-state index < -0.39 is 44.4 Å². The Bertz CT molecular complexity index is 798. The largest absolute Gasteiger partial charge is 0.497 e. The maximum Gasteiger partial charge on any atom is 0.240 e. The van der Waals surface area contributed by atoms with Gasteiger partial charge in [0.05, 0.1) is 16.9 Å². The average Bonchev–Trinajstić information content (AvgIpc) is 2.23. The molecule has 1 aromatic carbocycles. The number of sulfone groups is 2. The molecule has 0 aliphatic rings. The van der Waals surface area contributed by atoms with E-state index in [1.807, 2.05) is 0 Å². The molecule has 0 aromatic heterocycles. The highest BCUT2D eigenvalue weighted by molar-refractivity contribution is 7.94. The Kier molecular flexibility index (Phi) is 4.21. The van der Waals surface area contributed by atoms with Crippen molar-refractivity contribution in [1.29, 1.82) is 0 Å². The van der Waals surface area contributed by atoms with E-state index in [0.717, 1.165) is 24.6 Å².